The van der Waals surface area contributed by atoms with E-state index in [0.717, 1.165) is 5.92 Å². The topological polar surface area (TPSA) is 15.3 Å². The molecule has 1 atom stereocenters. The van der Waals surface area contributed by atoms with E-state index in [9.17, 15) is 0 Å². The van der Waals surface area contributed by atoms with Gasteiger partial charge in [0.05, 0.1) is 0 Å². The highest BCUT2D eigenvalue weighted by atomic mass is 15.2. The molecule has 2 heteroatoms. The maximum Gasteiger partial charge on any atom is 0.0243 e. The van der Waals surface area contributed by atoms with Crippen molar-refractivity contribution in [1.29, 1.82) is 0 Å². The van der Waals surface area contributed by atoms with Gasteiger partial charge in [0.15, 0.2) is 0 Å². The lowest BCUT2D eigenvalue weighted by Crippen LogP contribution is -2.47. The van der Waals surface area contributed by atoms with E-state index in [2.05, 4.69) is 31.0 Å². The van der Waals surface area contributed by atoms with E-state index in [1.807, 2.05) is 0 Å². The van der Waals surface area contributed by atoms with E-state index in [1.54, 1.807) is 0 Å². The quantitative estimate of drug-likeness (QED) is 0.796. The summed E-state index contributed by atoms with van der Waals surface area (Å²) in [5, 5.41) is 3.73. The molecule has 2 rings (SSSR count). The maximum atomic E-state index is 3.73. The van der Waals surface area contributed by atoms with Gasteiger partial charge in [0, 0.05) is 19.1 Å². The highest BCUT2D eigenvalue weighted by Crippen LogP contribution is 2.27. The molecule has 0 aromatic carbocycles. The number of nitrogens with zero attached hydrogens (tertiary/aromatic N) is 1. The highest BCUT2D eigenvalue weighted by molar-refractivity contribution is 4.86. The van der Waals surface area contributed by atoms with Crippen LogP contribution in [0.25, 0.3) is 0 Å². The second kappa shape index (κ2) is 5.71. The van der Waals surface area contributed by atoms with Crippen LogP contribution >= 0.6 is 0 Å². The van der Waals surface area contributed by atoms with Crippen LogP contribution in [0.15, 0.2) is 0 Å². The van der Waals surface area contributed by atoms with Gasteiger partial charge in [-0.3, -0.25) is 0 Å². The lowest BCUT2D eigenvalue weighted by Gasteiger charge is -2.34. The van der Waals surface area contributed by atoms with Crippen LogP contribution in [0.4, 0.5) is 0 Å². The Kier molecular flexibility index (Phi) is 4.48. The third-order valence-electron chi connectivity index (χ3n) is 4.52. The Bertz CT molecular complexity index is 226. The summed E-state index contributed by atoms with van der Waals surface area (Å²) in [6.07, 6.45) is 7.21. The molecular weight excluding hydrogens is 208 g/mol. The van der Waals surface area contributed by atoms with Crippen molar-refractivity contribution >= 4 is 0 Å². The van der Waals surface area contributed by atoms with E-state index in [1.165, 1.54) is 58.3 Å². The number of hydrogen-bond acceptors (Lipinski definition) is 2. The lowest BCUT2D eigenvalue weighted by molar-refractivity contribution is 0.178. The van der Waals surface area contributed by atoms with Gasteiger partial charge in [0.25, 0.3) is 0 Å². The molecule has 1 aliphatic heterocycles. The van der Waals surface area contributed by atoms with Crippen molar-refractivity contribution in [2.45, 2.75) is 58.9 Å². The Labute approximate surface area is 107 Å². The fraction of sp³-hybridized carbons (Fsp3) is 1.00. The first-order chi connectivity index (χ1) is 8.05. The first-order valence-corrected chi connectivity index (χ1v) is 7.51. The van der Waals surface area contributed by atoms with Crippen LogP contribution in [0.3, 0.4) is 0 Å². The molecule has 0 radical (unpaired) electrons. The zero-order chi connectivity index (χ0) is 12.3. The number of rotatable bonds is 2. The molecular formula is C15H30N2. The summed E-state index contributed by atoms with van der Waals surface area (Å²) in [5.74, 6) is 0.994. The molecule has 1 saturated heterocycles. The first kappa shape index (κ1) is 13.4. The van der Waals surface area contributed by atoms with E-state index in [0.29, 0.717) is 11.5 Å². The molecule has 0 amide bonds. The Morgan fingerprint density at radius 2 is 1.82 bits per heavy atom. The fourth-order valence-electron chi connectivity index (χ4n) is 3.30. The minimum absolute atomic E-state index is 0.387. The maximum absolute atomic E-state index is 3.73. The van der Waals surface area contributed by atoms with E-state index in [4.69, 9.17) is 0 Å². The Balaban J connectivity index is 1.87. The zero-order valence-electron chi connectivity index (χ0n) is 12.0. The van der Waals surface area contributed by atoms with Gasteiger partial charge in [-0.1, -0.05) is 33.6 Å². The average molecular weight is 238 g/mol. The number of hydrogen-bond donors (Lipinski definition) is 1. The summed E-state index contributed by atoms with van der Waals surface area (Å²) in [4.78, 5) is 2.73. The monoisotopic (exact) mass is 238 g/mol. The molecule has 2 nitrogen and oxygen atoms in total. The third kappa shape index (κ3) is 3.96. The Hall–Kier alpha value is -0.0800. The zero-order valence-corrected chi connectivity index (χ0v) is 12.0. The third-order valence-corrected chi connectivity index (χ3v) is 4.52. The van der Waals surface area contributed by atoms with E-state index >= 15 is 0 Å². The normalized spacial score (nSPS) is 29.5. The van der Waals surface area contributed by atoms with Crippen molar-refractivity contribution in [2.24, 2.45) is 11.3 Å². The van der Waals surface area contributed by atoms with Crippen LogP contribution in [0, 0.1) is 11.3 Å². The van der Waals surface area contributed by atoms with Gasteiger partial charge in [-0.2, -0.15) is 0 Å². The van der Waals surface area contributed by atoms with E-state index < -0.39 is 0 Å². The molecule has 2 aliphatic rings. The van der Waals surface area contributed by atoms with Gasteiger partial charge < -0.3 is 10.2 Å². The van der Waals surface area contributed by atoms with Crippen molar-refractivity contribution in [2.75, 3.05) is 26.2 Å². The van der Waals surface area contributed by atoms with Gasteiger partial charge in [0.2, 0.25) is 0 Å². The van der Waals surface area contributed by atoms with Crippen molar-refractivity contribution in [3.63, 3.8) is 0 Å². The molecule has 0 spiro atoms. The van der Waals surface area contributed by atoms with Crippen LogP contribution in [-0.4, -0.2) is 37.1 Å². The molecule has 1 unspecified atom stereocenters. The molecule has 1 N–H and O–H groups in total. The summed E-state index contributed by atoms with van der Waals surface area (Å²) in [6, 6.07) is 0.659. The van der Waals surface area contributed by atoms with Crippen LogP contribution in [-0.2, 0) is 0 Å². The first-order valence-electron chi connectivity index (χ1n) is 7.51. The molecule has 17 heavy (non-hydrogen) atoms. The molecule has 2 fully saturated rings. The second-order valence-corrected chi connectivity index (χ2v) is 7.14. The van der Waals surface area contributed by atoms with Gasteiger partial charge in [0.1, 0.15) is 0 Å². The predicted molar refractivity (Wildman–Crippen MR) is 74.3 cm³/mol. The molecule has 0 bridgehead atoms. The van der Waals surface area contributed by atoms with Crippen molar-refractivity contribution in [3.8, 4) is 0 Å². The number of nitrogens with one attached hydrogen (secondary N) is 1. The Morgan fingerprint density at radius 3 is 2.47 bits per heavy atom. The minimum atomic E-state index is 0.387. The largest absolute Gasteiger partial charge is 0.312 e. The summed E-state index contributed by atoms with van der Waals surface area (Å²) >= 11 is 0. The predicted octanol–water partition coefficient (Wildman–Crippen LogP) is 2.89. The molecule has 1 saturated carbocycles. The SMILES string of the molecule is CC(C)(C)C1CN(CC2CCCC2)CCCN1. The van der Waals surface area contributed by atoms with Crippen molar-refractivity contribution < 1.29 is 0 Å². The van der Waals surface area contributed by atoms with Crippen molar-refractivity contribution in [3.05, 3.63) is 0 Å². The summed E-state index contributed by atoms with van der Waals surface area (Å²) < 4.78 is 0. The Morgan fingerprint density at radius 1 is 1.12 bits per heavy atom. The summed E-state index contributed by atoms with van der Waals surface area (Å²) in [6.45, 7) is 12.2. The van der Waals surface area contributed by atoms with Crippen LogP contribution in [0.5, 0.6) is 0 Å². The van der Waals surface area contributed by atoms with Gasteiger partial charge >= 0.3 is 0 Å². The van der Waals surface area contributed by atoms with Crippen molar-refractivity contribution in [1.82, 2.24) is 10.2 Å². The van der Waals surface area contributed by atoms with Gasteiger partial charge in [-0.25, -0.2) is 0 Å². The molecule has 0 aromatic rings. The molecule has 1 aliphatic carbocycles. The van der Waals surface area contributed by atoms with Crippen LogP contribution in [0.1, 0.15) is 52.9 Å². The average Bonchev–Trinajstić information content (AvgIpc) is 2.61. The smallest absolute Gasteiger partial charge is 0.0243 e. The lowest BCUT2D eigenvalue weighted by atomic mass is 9.86. The van der Waals surface area contributed by atoms with Crippen LogP contribution < -0.4 is 5.32 Å². The second-order valence-electron chi connectivity index (χ2n) is 7.14. The molecule has 0 aromatic heterocycles. The van der Waals surface area contributed by atoms with Crippen LogP contribution in [0.2, 0.25) is 0 Å². The molecule has 1 heterocycles. The van der Waals surface area contributed by atoms with Gasteiger partial charge in [-0.05, 0) is 43.7 Å². The summed E-state index contributed by atoms with van der Waals surface area (Å²) in [5.41, 5.74) is 0.387. The molecule has 100 valence electrons. The highest BCUT2D eigenvalue weighted by Gasteiger charge is 2.29. The minimum Gasteiger partial charge on any atom is -0.312 e. The standard InChI is InChI=1S/C15H30N2/c1-15(2,3)14-12-17(10-6-9-16-14)11-13-7-4-5-8-13/h13-14,16H,4-12H2,1-3H3. The van der Waals surface area contributed by atoms with Gasteiger partial charge in [-0.15, -0.1) is 0 Å². The van der Waals surface area contributed by atoms with E-state index in [-0.39, 0.29) is 0 Å². The summed E-state index contributed by atoms with van der Waals surface area (Å²) in [7, 11) is 0. The fourth-order valence-corrected chi connectivity index (χ4v) is 3.30.